The standard InChI is InChI=1S/C22H24ClN3O3/c1-15-7-8-16(13-17(15)23)26-21(27)14-19(22(26)28)25-11-9-24(10-12-25)18-5-3-4-6-20(18)29-2/h3-8,13,19H,9-12,14H2,1-2H3/p+1/t19-/m0/s1. The molecule has 2 heterocycles. The third kappa shape index (κ3) is 3.70. The van der Waals surface area contributed by atoms with E-state index in [0.29, 0.717) is 10.7 Å². The van der Waals surface area contributed by atoms with E-state index in [1.807, 2.05) is 31.2 Å². The normalized spacial score (nSPS) is 20.4. The number of piperazine rings is 1. The van der Waals surface area contributed by atoms with Gasteiger partial charge in [0.25, 0.3) is 5.91 Å². The minimum atomic E-state index is -0.331. The number of methoxy groups -OCH3 is 1. The molecule has 6 nitrogen and oxygen atoms in total. The number of nitrogens with one attached hydrogen (secondary N) is 1. The van der Waals surface area contributed by atoms with Crippen molar-refractivity contribution in [3.63, 3.8) is 0 Å². The van der Waals surface area contributed by atoms with E-state index in [2.05, 4.69) is 11.0 Å². The molecule has 152 valence electrons. The number of carbonyl (C=O) groups excluding carboxylic acids is 2. The number of benzene rings is 2. The van der Waals surface area contributed by atoms with Gasteiger partial charge in [0.2, 0.25) is 5.91 Å². The lowest BCUT2D eigenvalue weighted by molar-refractivity contribution is -0.915. The van der Waals surface area contributed by atoms with Crippen molar-refractivity contribution in [2.75, 3.05) is 43.1 Å². The molecule has 7 heteroatoms. The number of ether oxygens (including phenoxy) is 1. The van der Waals surface area contributed by atoms with Crippen LogP contribution in [0.25, 0.3) is 0 Å². The lowest BCUT2D eigenvalue weighted by Crippen LogP contribution is -3.19. The Bertz CT molecular complexity index is 941. The van der Waals surface area contributed by atoms with E-state index in [9.17, 15) is 9.59 Å². The number of nitrogens with zero attached hydrogens (tertiary/aromatic N) is 2. The highest BCUT2D eigenvalue weighted by Crippen LogP contribution is 2.29. The highest BCUT2D eigenvalue weighted by Gasteiger charge is 2.46. The van der Waals surface area contributed by atoms with E-state index in [4.69, 9.17) is 16.3 Å². The summed E-state index contributed by atoms with van der Waals surface area (Å²) in [6.07, 6.45) is 0.244. The summed E-state index contributed by atoms with van der Waals surface area (Å²) in [4.78, 5) is 30.4. The molecule has 0 unspecified atom stereocenters. The average molecular weight is 415 g/mol. The van der Waals surface area contributed by atoms with Crippen molar-refractivity contribution in [3.8, 4) is 5.75 Å². The molecule has 29 heavy (non-hydrogen) atoms. The van der Waals surface area contributed by atoms with Gasteiger partial charge in [-0.3, -0.25) is 9.59 Å². The fourth-order valence-electron chi connectivity index (χ4n) is 4.22. The highest BCUT2D eigenvalue weighted by atomic mass is 35.5. The zero-order valence-corrected chi connectivity index (χ0v) is 17.4. The molecule has 0 radical (unpaired) electrons. The maximum absolute atomic E-state index is 13.1. The van der Waals surface area contributed by atoms with Crippen molar-refractivity contribution >= 4 is 34.8 Å². The molecule has 0 aromatic heterocycles. The Morgan fingerprint density at radius 1 is 1.10 bits per heavy atom. The number of imide groups is 1. The topological polar surface area (TPSA) is 54.3 Å². The first-order chi connectivity index (χ1) is 14.0. The number of quaternary nitrogens is 1. The second-order valence-electron chi connectivity index (χ2n) is 7.57. The van der Waals surface area contributed by atoms with Crippen LogP contribution >= 0.6 is 11.6 Å². The largest absolute Gasteiger partial charge is 0.495 e. The Hall–Kier alpha value is -2.57. The van der Waals surface area contributed by atoms with Gasteiger partial charge in [-0.1, -0.05) is 29.8 Å². The fourth-order valence-corrected chi connectivity index (χ4v) is 4.39. The number of para-hydroxylation sites is 2. The maximum Gasteiger partial charge on any atom is 0.292 e. The number of aryl methyl sites for hydroxylation is 1. The molecule has 4 rings (SSSR count). The van der Waals surface area contributed by atoms with Crippen LogP contribution in [-0.2, 0) is 9.59 Å². The molecule has 2 fully saturated rings. The van der Waals surface area contributed by atoms with E-state index in [1.54, 1.807) is 19.2 Å². The third-order valence-corrected chi connectivity index (χ3v) is 6.29. The number of anilines is 2. The number of halogens is 1. The summed E-state index contributed by atoms with van der Waals surface area (Å²) in [6.45, 7) is 5.11. The van der Waals surface area contributed by atoms with Crippen LogP contribution in [0.4, 0.5) is 11.4 Å². The number of hydrogen-bond acceptors (Lipinski definition) is 4. The number of hydrogen-bond donors (Lipinski definition) is 1. The summed E-state index contributed by atoms with van der Waals surface area (Å²) in [5.74, 6) is 0.570. The minimum absolute atomic E-state index is 0.129. The molecule has 1 atom stereocenters. The SMILES string of the molecule is COc1ccccc1N1CC[NH+]([C@H]2CC(=O)N(c3ccc(C)c(Cl)c3)C2=O)CC1. The number of rotatable bonds is 4. The molecule has 1 N–H and O–H groups in total. The molecule has 2 aromatic rings. The van der Waals surface area contributed by atoms with Crippen molar-refractivity contribution in [1.82, 2.24) is 0 Å². The van der Waals surface area contributed by atoms with Gasteiger partial charge in [-0.05, 0) is 36.8 Å². The molecule has 0 bridgehead atoms. The Morgan fingerprint density at radius 2 is 1.83 bits per heavy atom. The lowest BCUT2D eigenvalue weighted by Gasteiger charge is -2.36. The molecule has 0 spiro atoms. The van der Waals surface area contributed by atoms with Gasteiger partial charge in [-0.2, -0.15) is 0 Å². The Morgan fingerprint density at radius 3 is 2.52 bits per heavy atom. The van der Waals surface area contributed by atoms with Gasteiger partial charge in [0.15, 0.2) is 6.04 Å². The van der Waals surface area contributed by atoms with Crippen LogP contribution in [0.2, 0.25) is 5.02 Å². The van der Waals surface area contributed by atoms with Crippen molar-refractivity contribution in [3.05, 3.63) is 53.1 Å². The second-order valence-corrected chi connectivity index (χ2v) is 7.98. The summed E-state index contributed by atoms with van der Waals surface area (Å²) in [7, 11) is 1.68. The molecule has 2 aromatic carbocycles. The van der Waals surface area contributed by atoms with Crippen LogP contribution in [0.15, 0.2) is 42.5 Å². The monoisotopic (exact) mass is 414 g/mol. The fraction of sp³-hybridized carbons (Fsp3) is 0.364. The third-order valence-electron chi connectivity index (χ3n) is 5.88. The first kappa shape index (κ1) is 19.7. The van der Waals surface area contributed by atoms with Crippen LogP contribution in [0.5, 0.6) is 5.75 Å². The highest BCUT2D eigenvalue weighted by molar-refractivity contribution is 6.32. The van der Waals surface area contributed by atoms with Gasteiger partial charge >= 0.3 is 0 Å². The van der Waals surface area contributed by atoms with Crippen molar-refractivity contribution in [2.45, 2.75) is 19.4 Å². The van der Waals surface area contributed by atoms with E-state index in [1.165, 1.54) is 4.90 Å². The minimum Gasteiger partial charge on any atom is -0.495 e. The Balaban J connectivity index is 1.46. The van der Waals surface area contributed by atoms with Crippen LogP contribution < -0.4 is 19.4 Å². The van der Waals surface area contributed by atoms with Gasteiger partial charge in [0.1, 0.15) is 5.75 Å². The molecule has 2 saturated heterocycles. The molecular weight excluding hydrogens is 390 g/mol. The molecular formula is C22H25ClN3O3+. The van der Waals surface area contributed by atoms with E-state index >= 15 is 0 Å². The zero-order valence-electron chi connectivity index (χ0n) is 16.7. The lowest BCUT2D eigenvalue weighted by atomic mass is 10.1. The molecule has 0 saturated carbocycles. The average Bonchev–Trinajstić information content (AvgIpc) is 3.04. The predicted octanol–water partition coefficient (Wildman–Crippen LogP) is 1.69. The van der Waals surface area contributed by atoms with Gasteiger partial charge in [0.05, 0.1) is 51.1 Å². The molecule has 0 aliphatic carbocycles. The van der Waals surface area contributed by atoms with Crippen LogP contribution in [0.1, 0.15) is 12.0 Å². The van der Waals surface area contributed by atoms with Gasteiger partial charge in [0, 0.05) is 5.02 Å². The quantitative estimate of drug-likeness (QED) is 0.774. The molecule has 2 aliphatic rings. The first-order valence-corrected chi connectivity index (χ1v) is 10.2. The van der Waals surface area contributed by atoms with Crippen molar-refractivity contribution in [2.24, 2.45) is 0 Å². The van der Waals surface area contributed by atoms with Crippen molar-refractivity contribution < 1.29 is 19.2 Å². The summed E-state index contributed by atoms with van der Waals surface area (Å²) in [5, 5.41) is 0.560. The Kier molecular flexibility index (Phi) is 5.48. The zero-order chi connectivity index (χ0) is 20.5. The van der Waals surface area contributed by atoms with E-state index < -0.39 is 0 Å². The van der Waals surface area contributed by atoms with Crippen molar-refractivity contribution in [1.29, 1.82) is 0 Å². The van der Waals surface area contributed by atoms with Crippen LogP contribution in [0.3, 0.4) is 0 Å². The molecule has 2 aliphatic heterocycles. The summed E-state index contributed by atoms with van der Waals surface area (Å²) in [6, 6.07) is 13.0. The van der Waals surface area contributed by atoms with Crippen LogP contribution in [0, 0.1) is 6.92 Å². The predicted molar refractivity (Wildman–Crippen MR) is 113 cm³/mol. The van der Waals surface area contributed by atoms with E-state index in [-0.39, 0.29) is 24.3 Å². The summed E-state index contributed by atoms with van der Waals surface area (Å²) >= 11 is 6.20. The smallest absolute Gasteiger partial charge is 0.292 e. The molecule has 2 amide bonds. The van der Waals surface area contributed by atoms with Gasteiger partial charge in [-0.25, -0.2) is 4.90 Å². The first-order valence-electron chi connectivity index (χ1n) is 9.85. The van der Waals surface area contributed by atoms with E-state index in [0.717, 1.165) is 48.1 Å². The maximum atomic E-state index is 13.1. The number of carbonyl (C=O) groups is 2. The Labute approximate surface area is 175 Å². The summed E-state index contributed by atoms with van der Waals surface area (Å²) in [5.41, 5.74) is 2.55. The number of amides is 2. The van der Waals surface area contributed by atoms with Crippen LogP contribution in [-0.4, -0.2) is 51.1 Å². The van der Waals surface area contributed by atoms with Gasteiger partial charge < -0.3 is 14.5 Å². The second kappa shape index (κ2) is 8.05. The summed E-state index contributed by atoms with van der Waals surface area (Å²) < 4.78 is 5.47. The van der Waals surface area contributed by atoms with Gasteiger partial charge in [-0.15, -0.1) is 0 Å².